The first-order valence-electron chi connectivity index (χ1n) is 10.4. The lowest BCUT2D eigenvalue weighted by Crippen LogP contribution is -2.43. The molecule has 1 aliphatic rings. The number of hydrogen-bond donors (Lipinski definition) is 2. The first-order valence-corrected chi connectivity index (χ1v) is 10.4. The van der Waals surface area contributed by atoms with Gasteiger partial charge in [-0.05, 0) is 74.2 Å². The maximum absolute atomic E-state index is 5.44. The summed E-state index contributed by atoms with van der Waals surface area (Å²) >= 11 is 0. The molecule has 1 aromatic carbocycles. The number of nitrogens with zero attached hydrogens (tertiary/aromatic N) is 3. The van der Waals surface area contributed by atoms with Gasteiger partial charge in [0.25, 0.3) is 0 Å². The SMILES string of the molecule is CN=C(NCCc1ccncc1C)NCC(c1cccc(OC)c1)N1CCCC1. The molecule has 1 fully saturated rings. The zero-order chi connectivity index (χ0) is 20.5. The van der Waals surface area contributed by atoms with Crippen LogP contribution in [0, 0.1) is 6.92 Å². The third-order valence-electron chi connectivity index (χ3n) is 5.57. The molecule has 1 aliphatic heterocycles. The number of nitrogens with one attached hydrogen (secondary N) is 2. The zero-order valence-corrected chi connectivity index (χ0v) is 17.8. The smallest absolute Gasteiger partial charge is 0.191 e. The van der Waals surface area contributed by atoms with Crippen molar-refractivity contribution in [3.8, 4) is 5.75 Å². The fourth-order valence-electron chi connectivity index (χ4n) is 3.87. The Morgan fingerprint density at radius 1 is 1.24 bits per heavy atom. The van der Waals surface area contributed by atoms with Crippen LogP contribution in [0.5, 0.6) is 5.75 Å². The van der Waals surface area contributed by atoms with Crippen LogP contribution in [0.3, 0.4) is 0 Å². The molecule has 2 N–H and O–H groups in total. The van der Waals surface area contributed by atoms with Crippen LogP contribution in [-0.2, 0) is 6.42 Å². The number of hydrogen-bond acceptors (Lipinski definition) is 4. The second-order valence-electron chi connectivity index (χ2n) is 7.47. The number of methoxy groups -OCH3 is 1. The number of guanidine groups is 1. The fourth-order valence-corrected chi connectivity index (χ4v) is 3.87. The van der Waals surface area contributed by atoms with Crippen molar-refractivity contribution in [1.82, 2.24) is 20.5 Å². The number of aryl methyl sites for hydroxylation is 1. The van der Waals surface area contributed by atoms with Gasteiger partial charge in [0.2, 0.25) is 0 Å². The van der Waals surface area contributed by atoms with Crippen molar-refractivity contribution in [3.05, 3.63) is 59.4 Å². The van der Waals surface area contributed by atoms with Gasteiger partial charge < -0.3 is 15.4 Å². The van der Waals surface area contributed by atoms with Crippen molar-refractivity contribution < 1.29 is 4.74 Å². The molecule has 3 rings (SSSR count). The Kier molecular flexibility index (Phi) is 7.87. The number of likely N-dealkylation sites (tertiary alicyclic amines) is 1. The summed E-state index contributed by atoms with van der Waals surface area (Å²) in [5.74, 6) is 1.74. The minimum atomic E-state index is 0.300. The Hall–Kier alpha value is -2.60. The molecule has 2 aromatic rings. The van der Waals surface area contributed by atoms with E-state index >= 15 is 0 Å². The maximum atomic E-state index is 5.44. The van der Waals surface area contributed by atoms with Crippen molar-refractivity contribution >= 4 is 5.96 Å². The lowest BCUT2D eigenvalue weighted by atomic mass is 10.1. The first-order chi connectivity index (χ1) is 14.2. The van der Waals surface area contributed by atoms with E-state index in [1.54, 1.807) is 7.11 Å². The van der Waals surface area contributed by atoms with Gasteiger partial charge in [-0.2, -0.15) is 0 Å². The van der Waals surface area contributed by atoms with E-state index in [-0.39, 0.29) is 0 Å². The van der Waals surface area contributed by atoms with Crippen molar-refractivity contribution in [2.24, 2.45) is 4.99 Å². The van der Waals surface area contributed by atoms with Gasteiger partial charge in [0.15, 0.2) is 5.96 Å². The van der Waals surface area contributed by atoms with Gasteiger partial charge in [-0.25, -0.2) is 0 Å². The number of pyridine rings is 1. The molecule has 1 unspecified atom stereocenters. The molecule has 1 aromatic heterocycles. The predicted molar refractivity (Wildman–Crippen MR) is 119 cm³/mol. The highest BCUT2D eigenvalue weighted by molar-refractivity contribution is 5.79. The van der Waals surface area contributed by atoms with Crippen LogP contribution in [0.1, 0.15) is 35.6 Å². The molecule has 0 radical (unpaired) electrons. The first kappa shape index (κ1) is 21.1. The summed E-state index contributed by atoms with van der Waals surface area (Å²) in [4.78, 5) is 11.1. The van der Waals surface area contributed by atoms with E-state index < -0.39 is 0 Å². The molecule has 6 heteroatoms. The molecular weight excluding hydrogens is 362 g/mol. The second-order valence-corrected chi connectivity index (χ2v) is 7.47. The molecule has 0 spiro atoms. The number of ether oxygens (including phenoxy) is 1. The number of benzene rings is 1. The Labute approximate surface area is 174 Å². The standard InChI is InChI=1S/C23H33N5O/c1-18-16-25-11-9-19(18)10-12-26-23(24-2)27-17-22(28-13-4-5-14-28)20-7-6-8-21(15-20)29-3/h6-9,11,15-16,22H,4-5,10,12-14,17H2,1-3H3,(H2,24,26,27). The summed E-state index contributed by atoms with van der Waals surface area (Å²) in [5.41, 5.74) is 3.82. The largest absolute Gasteiger partial charge is 0.497 e. The highest BCUT2D eigenvalue weighted by Crippen LogP contribution is 2.27. The minimum absolute atomic E-state index is 0.300. The Balaban J connectivity index is 1.59. The van der Waals surface area contributed by atoms with E-state index in [1.807, 2.05) is 25.5 Å². The van der Waals surface area contributed by atoms with Crippen molar-refractivity contribution in [3.63, 3.8) is 0 Å². The molecular formula is C23H33N5O. The average molecular weight is 396 g/mol. The maximum Gasteiger partial charge on any atom is 0.191 e. The summed E-state index contributed by atoms with van der Waals surface area (Å²) in [6, 6.07) is 10.8. The summed E-state index contributed by atoms with van der Waals surface area (Å²) < 4.78 is 5.44. The third kappa shape index (κ3) is 5.94. The van der Waals surface area contributed by atoms with E-state index in [0.29, 0.717) is 6.04 Å². The summed E-state index contributed by atoms with van der Waals surface area (Å²) in [5, 5.41) is 6.97. The molecule has 6 nitrogen and oxygen atoms in total. The average Bonchev–Trinajstić information content (AvgIpc) is 3.28. The van der Waals surface area contributed by atoms with E-state index in [2.05, 4.69) is 56.7 Å². The van der Waals surface area contributed by atoms with Gasteiger partial charge >= 0.3 is 0 Å². The number of aromatic nitrogens is 1. The molecule has 2 heterocycles. The van der Waals surface area contributed by atoms with Gasteiger partial charge in [-0.1, -0.05) is 12.1 Å². The minimum Gasteiger partial charge on any atom is -0.497 e. The van der Waals surface area contributed by atoms with Crippen molar-refractivity contribution in [2.75, 3.05) is 40.3 Å². The van der Waals surface area contributed by atoms with Crippen LogP contribution < -0.4 is 15.4 Å². The third-order valence-corrected chi connectivity index (χ3v) is 5.57. The molecule has 0 bridgehead atoms. The van der Waals surface area contributed by atoms with E-state index in [4.69, 9.17) is 4.74 Å². The van der Waals surface area contributed by atoms with Crippen LogP contribution in [0.2, 0.25) is 0 Å². The monoisotopic (exact) mass is 395 g/mol. The van der Waals surface area contributed by atoms with Gasteiger partial charge in [-0.15, -0.1) is 0 Å². The summed E-state index contributed by atoms with van der Waals surface area (Å²) in [7, 11) is 3.54. The lowest BCUT2D eigenvalue weighted by Gasteiger charge is -2.29. The topological polar surface area (TPSA) is 61.8 Å². The number of aliphatic imine (C=N–C) groups is 1. The quantitative estimate of drug-likeness (QED) is 0.532. The van der Waals surface area contributed by atoms with E-state index in [9.17, 15) is 0 Å². The molecule has 0 aliphatic carbocycles. The summed E-state index contributed by atoms with van der Waals surface area (Å²) in [6.07, 6.45) is 7.24. The second kappa shape index (κ2) is 10.8. The predicted octanol–water partition coefficient (Wildman–Crippen LogP) is 2.94. The van der Waals surface area contributed by atoms with Gasteiger partial charge in [-0.3, -0.25) is 14.9 Å². The summed E-state index contributed by atoms with van der Waals surface area (Å²) in [6.45, 7) is 6.01. The molecule has 29 heavy (non-hydrogen) atoms. The van der Waals surface area contributed by atoms with E-state index in [1.165, 1.54) is 29.5 Å². The molecule has 0 saturated carbocycles. The molecule has 1 atom stereocenters. The van der Waals surface area contributed by atoms with Crippen LogP contribution in [0.15, 0.2) is 47.7 Å². The molecule has 156 valence electrons. The zero-order valence-electron chi connectivity index (χ0n) is 17.8. The van der Waals surface area contributed by atoms with Gasteiger partial charge in [0, 0.05) is 32.5 Å². The van der Waals surface area contributed by atoms with Gasteiger partial charge in [0.05, 0.1) is 13.2 Å². The van der Waals surface area contributed by atoms with Crippen LogP contribution in [-0.4, -0.2) is 56.2 Å². The van der Waals surface area contributed by atoms with Gasteiger partial charge in [0.1, 0.15) is 5.75 Å². The van der Waals surface area contributed by atoms with Crippen molar-refractivity contribution in [1.29, 1.82) is 0 Å². The highest BCUT2D eigenvalue weighted by Gasteiger charge is 2.24. The Morgan fingerprint density at radius 2 is 2.07 bits per heavy atom. The number of rotatable bonds is 8. The lowest BCUT2D eigenvalue weighted by molar-refractivity contribution is 0.245. The molecule has 1 saturated heterocycles. The van der Waals surface area contributed by atoms with Crippen LogP contribution in [0.25, 0.3) is 0 Å². The van der Waals surface area contributed by atoms with Crippen LogP contribution >= 0.6 is 0 Å². The van der Waals surface area contributed by atoms with Crippen LogP contribution in [0.4, 0.5) is 0 Å². The Bertz CT molecular complexity index is 801. The normalized spacial score (nSPS) is 15.9. The highest BCUT2D eigenvalue weighted by atomic mass is 16.5. The fraction of sp³-hybridized carbons (Fsp3) is 0.478. The Morgan fingerprint density at radius 3 is 2.79 bits per heavy atom. The van der Waals surface area contributed by atoms with Crippen molar-refractivity contribution in [2.45, 2.75) is 32.2 Å². The molecule has 0 amide bonds. The van der Waals surface area contributed by atoms with E-state index in [0.717, 1.165) is 44.3 Å².